The summed E-state index contributed by atoms with van der Waals surface area (Å²) in [6, 6.07) is 7.74. The van der Waals surface area contributed by atoms with E-state index < -0.39 is 6.10 Å². The lowest BCUT2D eigenvalue weighted by Gasteiger charge is -2.33. The molecule has 8 heteroatoms. The summed E-state index contributed by atoms with van der Waals surface area (Å²) in [7, 11) is 0. The minimum atomic E-state index is -0.689. The second-order valence-electron chi connectivity index (χ2n) is 6.99. The largest absolute Gasteiger partial charge is 0.491 e. The molecule has 0 amide bonds. The van der Waals surface area contributed by atoms with E-state index in [9.17, 15) is 9.90 Å². The Labute approximate surface area is 190 Å². The van der Waals surface area contributed by atoms with Crippen LogP contribution in [-0.4, -0.2) is 67.4 Å². The van der Waals surface area contributed by atoms with Gasteiger partial charge in [0, 0.05) is 19.6 Å². The van der Waals surface area contributed by atoms with Crippen LogP contribution in [0.25, 0.3) is 0 Å². The molecule has 0 spiro atoms. The topological polar surface area (TPSA) is 83.4 Å². The summed E-state index contributed by atoms with van der Waals surface area (Å²) in [5.74, 6) is 1.37. The zero-order chi connectivity index (χ0) is 20.4. The second-order valence-corrected chi connectivity index (χ2v) is 6.99. The van der Waals surface area contributed by atoms with Crippen molar-refractivity contribution in [2.45, 2.75) is 39.7 Å². The van der Waals surface area contributed by atoms with Crippen LogP contribution in [-0.2, 0) is 9.53 Å². The van der Waals surface area contributed by atoms with E-state index in [1.54, 1.807) is 0 Å². The van der Waals surface area contributed by atoms with Crippen molar-refractivity contribution in [3.05, 3.63) is 29.8 Å². The first kappa shape index (κ1) is 25.5. The number of nitrogens with one attached hydrogen (secondary N) is 1. The predicted octanol–water partition coefficient (Wildman–Crippen LogP) is 2.59. The van der Waals surface area contributed by atoms with Crippen molar-refractivity contribution in [1.29, 1.82) is 0 Å². The Kier molecular flexibility index (Phi) is 12.0. The lowest BCUT2D eigenvalue weighted by Crippen LogP contribution is -2.47. The van der Waals surface area contributed by atoms with E-state index in [0.29, 0.717) is 6.61 Å². The number of aliphatic imine (C=N–C) groups is 1. The van der Waals surface area contributed by atoms with Crippen LogP contribution in [0.2, 0.25) is 0 Å². The monoisotopic (exact) mass is 519 g/mol. The van der Waals surface area contributed by atoms with Gasteiger partial charge in [0.15, 0.2) is 5.96 Å². The highest BCUT2D eigenvalue weighted by atomic mass is 127. The number of carbonyl (C=O) groups is 1. The zero-order valence-electron chi connectivity index (χ0n) is 17.6. The third-order valence-corrected chi connectivity index (χ3v) is 4.63. The molecule has 0 radical (unpaired) electrons. The molecule has 0 aliphatic carbocycles. The smallest absolute Gasteiger partial charge is 0.309 e. The molecule has 1 aliphatic rings. The Morgan fingerprint density at radius 3 is 2.69 bits per heavy atom. The number of piperidine rings is 1. The predicted molar refractivity (Wildman–Crippen MR) is 125 cm³/mol. The summed E-state index contributed by atoms with van der Waals surface area (Å²) in [5.41, 5.74) is 1.12. The Morgan fingerprint density at radius 2 is 2.07 bits per heavy atom. The highest BCUT2D eigenvalue weighted by Gasteiger charge is 2.27. The summed E-state index contributed by atoms with van der Waals surface area (Å²) < 4.78 is 10.8. The van der Waals surface area contributed by atoms with Crippen molar-refractivity contribution in [3.63, 3.8) is 0 Å². The number of likely N-dealkylation sites (tertiary alicyclic amines) is 1. The molecule has 0 bridgehead atoms. The molecule has 1 unspecified atom stereocenters. The lowest BCUT2D eigenvalue weighted by molar-refractivity contribution is -0.149. The van der Waals surface area contributed by atoms with Gasteiger partial charge < -0.3 is 24.8 Å². The minimum Gasteiger partial charge on any atom is -0.491 e. The Bertz CT molecular complexity index is 649. The molecule has 1 fully saturated rings. The molecule has 0 aromatic heterocycles. The van der Waals surface area contributed by atoms with E-state index in [-0.39, 0.29) is 49.0 Å². The molecule has 2 rings (SSSR count). The average molecular weight is 519 g/mol. The molecule has 0 saturated carbocycles. The minimum absolute atomic E-state index is 0. The highest BCUT2D eigenvalue weighted by molar-refractivity contribution is 14.0. The Morgan fingerprint density at radius 1 is 1.34 bits per heavy atom. The maximum atomic E-state index is 11.9. The molecular weight excluding hydrogens is 485 g/mol. The van der Waals surface area contributed by atoms with Crippen LogP contribution < -0.4 is 10.1 Å². The molecule has 1 saturated heterocycles. The second kappa shape index (κ2) is 13.6. The van der Waals surface area contributed by atoms with Crippen molar-refractivity contribution >= 4 is 35.9 Å². The van der Waals surface area contributed by atoms with Gasteiger partial charge in [-0.05, 0) is 51.3 Å². The maximum Gasteiger partial charge on any atom is 0.309 e. The van der Waals surface area contributed by atoms with Gasteiger partial charge in [-0.2, -0.15) is 0 Å². The number of nitrogens with zero attached hydrogens (tertiary/aromatic N) is 2. The number of halogens is 1. The van der Waals surface area contributed by atoms with Crippen molar-refractivity contribution in [1.82, 2.24) is 10.2 Å². The summed E-state index contributed by atoms with van der Waals surface area (Å²) in [6.07, 6.45) is 0.816. The fraction of sp³-hybridized carbons (Fsp3) is 0.619. The first-order valence-corrected chi connectivity index (χ1v) is 10.1. The number of aryl methyl sites for hydroxylation is 1. The van der Waals surface area contributed by atoms with Crippen LogP contribution in [0.15, 0.2) is 29.3 Å². The van der Waals surface area contributed by atoms with E-state index in [0.717, 1.165) is 49.7 Å². The lowest BCUT2D eigenvalue weighted by atomic mass is 9.97. The van der Waals surface area contributed by atoms with Crippen molar-refractivity contribution in [2.75, 3.05) is 39.4 Å². The van der Waals surface area contributed by atoms with E-state index in [1.807, 2.05) is 45.0 Å². The average Bonchev–Trinajstić information content (AvgIpc) is 2.70. The zero-order valence-corrected chi connectivity index (χ0v) is 19.9. The van der Waals surface area contributed by atoms with Crippen molar-refractivity contribution < 1.29 is 19.4 Å². The summed E-state index contributed by atoms with van der Waals surface area (Å²) >= 11 is 0. The molecule has 164 valence electrons. The number of hydrogen-bond donors (Lipinski definition) is 2. The van der Waals surface area contributed by atoms with E-state index in [1.165, 1.54) is 0 Å². The van der Waals surface area contributed by atoms with Crippen LogP contribution in [0.5, 0.6) is 5.75 Å². The van der Waals surface area contributed by atoms with Gasteiger partial charge in [-0.25, -0.2) is 0 Å². The van der Waals surface area contributed by atoms with Gasteiger partial charge >= 0.3 is 5.97 Å². The van der Waals surface area contributed by atoms with Crippen molar-refractivity contribution in [3.8, 4) is 5.75 Å². The Hall–Kier alpha value is -1.55. The number of guanidine groups is 1. The van der Waals surface area contributed by atoms with Gasteiger partial charge in [0.2, 0.25) is 0 Å². The normalized spacial score (nSPS) is 16.0. The quantitative estimate of drug-likeness (QED) is 0.238. The molecule has 1 heterocycles. The van der Waals surface area contributed by atoms with Crippen LogP contribution in [0.1, 0.15) is 32.3 Å². The molecule has 1 aromatic carbocycles. The van der Waals surface area contributed by atoms with Gasteiger partial charge in [0.1, 0.15) is 18.5 Å². The fourth-order valence-corrected chi connectivity index (χ4v) is 3.16. The number of rotatable bonds is 8. The fourth-order valence-electron chi connectivity index (χ4n) is 3.16. The number of hydrogen-bond acceptors (Lipinski definition) is 5. The summed E-state index contributed by atoms with van der Waals surface area (Å²) in [6.45, 7) is 8.94. The van der Waals surface area contributed by atoms with E-state index >= 15 is 0 Å². The van der Waals surface area contributed by atoms with E-state index in [4.69, 9.17) is 9.47 Å². The summed E-state index contributed by atoms with van der Waals surface area (Å²) in [5, 5.41) is 13.5. The third kappa shape index (κ3) is 8.77. The van der Waals surface area contributed by atoms with Crippen LogP contribution in [0, 0.1) is 12.8 Å². The number of carbonyl (C=O) groups excluding carboxylic acids is 1. The number of aliphatic hydroxyl groups is 1. The van der Waals surface area contributed by atoms with Crippen LogP contribution in [0.3, 0.4) is 0 Å². The molecule has 2 N–H and O–H groups in total. The standard InChI is InChI=1S/C21H33N3O4.HI/c1-4-22-21(24-11-9-17(10-12-24)20(26)27-5-2)23-14-18(25)15-28-19-8-6-7-16(3)13-19;/h6-8,13,17-18,25H,4-5,9-12,14-15H2,1-3H3,(H,22,23);1H. The SMILES string of the molecule is CCNC(=NCC(O)COc1cccc(C)c1)N1CCC(C(=O)OCC)CC1.I. The molecule has 1 aliphatic heterocycles. The number of benzene rings is 1. The number of aliphatic hydroxyl groups excluding tert-OH is 1. The summed E-state index contributed by atoms with van der Waals surface area (Å²) in [4.78, 5) is 18.6. The van der Waals surface area contributed by atoms with Gasteiger partial charge in [0.25, 0.3) is 0 Å². The molecule has 7 nitrogen and oxygen atoms in total. The van der Waals surface area contributed by atoms with Crippen LogP contribution >= 0.6 is 24.0 Å². The van der Waals surface area contributed by atoms with Gasteiger partial charge in [0.05, 0.1) is 19.1 Å². The third-order valence-electron chi connectivity index (χ3n) is 4.63. The molecule has 1 atom stereocenters. The van der Waals surface area contributed by atoms with Gasteiger partial charge in [-0.15, -0.1) is 24.0 Å². The highest BCUT2D eigenvalue weighted by Crippen LogP contribution is 2.19. The van der Waals surface area contributed by atoms with E-state index in [2.05, 4.69) is 15.2 Å². The molecule has 1 aromatic rings. The molecule has 29 heavy (non-hydrogen) atoms. The van der Waals surface area contributed by atoms with Crippen LogP contribution in [0.4, 0.5) is 0 Å². The first-order chi connectivity index (χ1) is 13.5. The van der Waals surface area contributed by atoms with Crippen molar-refractivity contribution in [2.24, 2.45) is 10.9 Å². The molecular formula is C21H34IN3O4. The number of esters is 1. The number of ether oxygens (including phenoxy) is 2. The van der Waals surface area contributed by atoms with Gasteiger partial charge in [-0.3, -0.25) is 9.79 Å². The Balaban J connectivity index is 0.00000420. The maximum absolute atomic E-state index is 11.9. The first-order valence-electron chi connectivity index (χ1n) is 10.1. The van der Waals surface area contributed by atoms with Gasteiger partial charge in [-0.1, -0.05) is 12.1 Å².